The van der Waals surface area contributed by atoms with E-state index in [4.69, 9.17) is 4.98 Å². The van der Waals surface area contributed by atoms with E-state index in [9.17, 15) is 20.0 Å². The lowest BCUT2D eigenvalue weighted by Gasteiger charge is -2.20. The molecular formula is C26H22N4O3. The van der Waals surface area contributed by atoms with Crippen LogP contribution in [0.15, 0.2) is 65.6 Å². The molecule has 0 aliphatic rings. The van der Waals surface area contributed by atoms with E-state index in [0.717, 1.165) is 11.1 Å². The molecule has 164 valence electrons. The SMILES string of the molecule is Cc1cc([C@@H](C)Nc2ccccc2C(=O)O)c2nc(-c3cccc(C#N)c3)c(C)c(=O)n2c1. The second-order valence-electron chi connectivity index (χ2n) is 7.97. The van der Waals surface area contributed by atoms with Crippen molar-refractivity contribution >= 4 is 17.3 Å². The number of rotatable bonds is 5. The minimum Gasteiger partial charge on any atom is -0.478 e. The molecule has 33 heavy (non-hydrogen) atoms. The number of carbonyl (C=O) groups is 1. The monoisotopic (exact) mass is 438 g/mol. The summed E-state index contributed by atoms with van der Waals surface area (Å²) in [6.07, 6.45) is 1.74. The van der Waals surface area contributed by atoms with Gasteiger partial charge in [-0.05, 0) is 56.7 Å². The van der Waals surface area contributed by atoms with Crippen molar-refractivity contribution in [2.75, 3.05) is 5.32 Å². The summed E-state index contributed by atoms with van der Waals surface area (Å²) < 4.78 is 1.53. The van der Waals surface area contributed by atoms with Gasteiger partial charge >= 0.3 is 5.97 Å². The molecule has 0 fully saturated rings. The van der Waals surface area contributed by atoms with Gasteiger partial charge in [-0.25, -0.2) is 9.78 Å². The number of carboxylic acids is 1. The smallest absolute Gasteiger partial charge is 0.337 e. The van der Waals surface area contributed by atoms with Gasteiger partial charge in [0.2, 0.25) is 0 Å². The number of nitriles is 1. The normalized spacial score (nSPS) is 11.7. The maximum atomic E-state index is 13.3. The number of aryl methyl sites for hydroxylation is 1. The molecule has 7 nitrogen and oxygen atoms in total. The standard InChI is InChI=1S/C26H22N4O3/c1-15-11-21(17(3)28-22-10-5-4-9-20(22)26(32)33)24-29-23(16(2)25(31)30(24)14-15)19-8-6-7-18(12-19)13-27/h4-12,14,17,28H,1-3H3,(H,32,33)/t17-/m1/s1. The van der Waals surface area contributed by atoms with Crippen LogP contribution in [-0.2, 0) is 0 Å². The fraction of sp³-hybridized carbons (Fsp3) is 0.154. The lowest BCUT2D eigenvalue weighted by atomic mass is 10.0. The zero-order valence-corrected chi connectivity index (χ0v) is 18.5. The average Bonchev–Trinajstić information content (AvgIpc) is 2.81. The van der Waals surface area contributed by atoms with E-state index in [0.29, 0.717) is 33.7 Å². The third-order valence-corrected chi connectivity index (χ3v) is 5.58. The number of benzene rings is 2. The molecule has 2 aromatic carbocycles. The van der Waals surface area contributed by atoms with Gasteiger partial charge in [-0.3, -0.25) is 9.20 Å². The highest BCUT2D eigenvalue weighted by Gasteiger charge is 2.19. The zero-order valence-electron chi connectivity index (χ0n) is 18.5. The zero-order chi connectivity index (χ0) is 23.7. The van der Waals surface area contributed by atoms with Crippen LogP contribution in [0.25, 0.3) is 16.9 Å². The molecule has 0 radical (unpaired) electrons. The highest BCUT2D eigenvalue weighted by atomic mass is 16.4. The van der Waals surface area contributed by atoms with Gasteiger partial charge < -0.3 is 10.4 Å². The second-order valence-corrected chi connectivity index (χ2v) is 7.97. The first-order valence-corrected chi connectivity index (χ1v) is 10.4. The molecule has 0 aliphatic carbocycles. The van der Waals surface area contributed by atoms with Gasteiger partial charge in [-0.15, -0.1) is 0 Å². The van der Waals surface area contributed by atoms with E-state index in [1.54, 1.807) is 49.5 Å². The Morgan fingerprint density at radius 1 is 1.15 bits per heavy atom. The molecule has 2 heterocycles. The number of aromatic carboxylic acids is 1. The van der Waals surface area contributed by atoms with Gasteiger partial charge in [0.15, 0.2) is 0 Å². The number of nitrogens with zero attached hydrogens (tertiary/aromatic N) is 3. The van der Waals surface area contributed by atoms with E-state index in [-0.39, 0.29) is 17.2 Å². The van der Waals surface area contributed by atoms with Crippen LogP contribution < -0.4 is 10.9 Å². The molecule has 7 heteroatoms. The first-order chi connectivity index (χ1) is 15.8. The number of pyridine rings is 1. The fourth-order valence-corrected chi connectivity index (χ4v) is 3.94. The summed E-state index contributed by atoms with van der Waals surface area (Å²) in [6.45, 7) is 5.52. The van der Waals surface area contributed by atoms with Gasteiger partial charge in [0.1, 0.15) is 5.65 Å². The summed E-state index contributed by atoms with van der Waals surface area (Å²) in [7, 11) is 0. The van der Waals surface area contributed by atoms with Crippen molar-refractivity contribution in [3.05, 3.63) is 99.0 Å². The Kier molecular flexibility index (Phi) is 5.67. The van der Waals surface area contributed by atoms with Crippen LogP contribution in [0, 0.1) is 25.2 Å². The van der Waals surface area contributed by atoms with Gasteiger partial charge in [0.05, 0.1) is 28.9 Å². The lowest BCUT2D eigenvalue weighted by Crippen LogP contribution is -2.22. The van der Waals surface area contributed by atoms with E-state index in [1.807, 2.05) is 26.0 Å². The first-order valence-electron chi connectivity index (χ1n) is 10.4. The number of fused-ring (bicyclic) bond motifs is 1. The van der Waals surface area contributed by atoms with Gasteiger partial charge in [-0.2, -0.15) is 5.26 Å². The number of hydrogen-bond acceptors (Lipinski definition) is 5. The predicted octanol–water partition coefficient (Wildman–Crippen LogP) is 4.72. The number of para-hydroxylation sites is 1. The predicted molar refractivity (Wildman–Crippen MR) is 127 cm³/mol. The summed E-state index contributed by atoms with van der Waals surface area (Å²) in [5.41, 5.74) is 4.72. The minimum atomic E-state index is -1.02. The molecule has 1 atom stereocenters. The summed E-state index contributed by atoms with van der Waals surface area (Å²) in [6, 6.07) is 17.4. The maximum absolute atomic E-state index is 13.3. The molecule has 2 N–H and O–H groups in total. The molecule has 0 aliphatic heterocycles. The van der Waals surface area contributed by atoms with Crippen molar-refractivity contribution in [3.8, 4) is 17.3 Å². The summed E-state index contributed by atoms with van der Waals surface area (Å²) in [5.74, 6) is -1.02. The Bertz CT molecular complexity index is 1500. The van der Waals surface area contributed by atoms with Crippen molar-refractivity contribution in [1.82, 2.24) is 9.38 Å². The molecule has 0 saturated heterocycles. The molecule has 4 rings (SSSR count). The second kappa shape index (κ2) is 8.60. The van der Waals surface area contributed by atoms with Crippen LogP contribution in [0.2, 0.25) is 0 Å². The van der Waals surface area contributed by atoms with Crippen molar-refractivity contribution < 1.29 is 9.90 Å². The Hall–Kier alpha value is -4.44. The first kappa shape index (κ1) is 21.8. The molecule has 0 saturated carbocycles. The third-order valence-electron chi connectivity index (χ3n) is 5.58. The van der Waals surface area contributed by atoms with Crippen LogP contribution in [0.3, 0.4) is 0 Å². The highest BCUT2D eigenvalue weighted by molar-refractivity contribution is 5.94. The van der Waals surface area contributed by atoms with Gasteiger partial charge in [0.25, 0.3) is 5.56 Å². The quantitative estimate of drug-likeness (QED) is 0.467. The molecule has 0 spiro atoms. The van der Waals surface area contributed by atoms with Crippen LogP contribution in [-0.4, -0.2) is 20.5 Å². The highest BCUT2D eigenvalue weighted by Crippen LogP contribution is 2.28. The molecule has 0 bridgehead atoms. The van der Waals surface area contributed by atoms with E-state index in [2.05, 4.69) is 11.4 Å². The molecule has 2 aromatic heterocycles. The van der Waals surface area contributed by atoms with E-state index < -0.39 is 5.97 Å². The summed E-state index contributed by atoms with van der Waals surface area (Å²) >= 11 is 0. The Labute approximate surface area is 190 Å². The largest absolute Gasteiger partial charge is 0.478 e. The van der Waals surface area contributed by atoms with Crippen LogP contribution in [0.1, 0.15) is 45.6 Å². The Morgan fingerprint density at radius 2 is 1.91 bits per heavy atom. The van der Waals surface area contributed by atoms with Crippen molar-refractivity contribution in [2.45, 2.75) is 26.8 Å². The Balaban J connectivity index is 1.90. The van der Waals surface area contributed by atoms with Crippen molar-refractivity contribution in [3.63, 3.8) is 0 Å². The van der Waals surface area contributed by atoms with E-state index >= 15 is 0 Å². The maximum Gasteiger partial charge on any atom is 0.337 e. The Morgan fingerprint density at radius 3 is 2.64 bits per heavy atom. The fourth-order valence-electron chi connectivity index (χ4n) is 3.94. The van der Waals surface area contributed by atoms with Gasteiger partial charge in [0, 0.05) is 28.6 Å². The third kappa shape index (κ3) is 4.06. The molecule has 0 amide bonds. The number of carboxylic acid groups (broad SMARTS) is 1. The molecule has 0 unspecified atom stereocenters. The van der Waals surface area contributed by atoms with Crippen LogP contribution >= 0.6 is 0 Å². The lowest BCUT2D eigenvalue weighted by molar-refractivity contribution is 0.0698. The minimum absolute atomic E-state index is 0.163. The number of aromatic nitrogens is 2. The van der Waals surface area contributed by atoms with E-state index in [1.165, 1.54) is 10.5 Å². The summed E-state index contributed by atoms with van der Waals surface area (Å²) in [5, 5.41) is 22.0. The van der Waals surface area contributed by atoms with Crippen molar-refractivity contribution in [1.29, 1.82) is 5.26 Å². The number of anilines is 1. The van der Waals surface area contributed by atoms with Gasteiger partial charge in [-0.1, -0.05) is 24.3 Å². The topological polar surface area (TPSA) is 107 Å². The van der Waals surface area contributed by atoms with Crippen molar-refractivity contribution in [2.24, 2.45) is 0 Å². The molecule has 4 aromatic rings. The molecular weight excluding hydrogens is 416 g/mol. The van der Waals surface area contributed by atoms with Crippen LogP contribution in [0.5, 0.6) is 0 Å². The van der Waals surface area contributed by atoms with Crippen LogP contribution in [0.4, 0.5) is 5.69 Å². The number of nitrogens with one attached hydrogen (secondary N) is 1. The average molecular weight is 438 g/mol. The number of hydrogen-bond donors (Lipinski definition) is 2. The summed E-state index contributed by atoms with van der Waals surface area (Å²) in [4.78, 5) is 29.7.